The summed E-state index contributed by atoms with van der Waals surface area (Å²) in [5.41, 5.74) is 2.47. The predicted molar refractivity (Wildman–Crippen MR) is 95.3 cm³/mol. The molecule has 5 nitrogen and oxygen atoms in total. The van der Waals surface area contributed by atoms with Crippen molar-refractivity contribution in [3.63, 3.8) is 0 Å². The molecule has 2 fully saturated rings. The number of hydrogen-bond acceptors (Lipinski definition) is 3. The molecule has 2 amide bonds. The van der Waals surface area contributed by atoms with Gasteiger partial charge in [-0.15, -0.1) is 0 Å². The lowest BCUT2D eigenvalue weighted by Gasteiger charge is -2.16. The van der Waals surface area contributed by atoms with Crippen molar-refractivity contribution in [1.82, 2.24) is 10.3 Å². The quantitative estimate of drug-likeness (QED) is 0.913. The number of amides is 2. The van der Waals surface area contributed by atoms with Crippen molar-refractivity contribution in [2.24, 2.45) is 5.92 Å². The summed E-state index contributed by atoms with van der Waals surface area (Å²) < 4.78 is 0. The highest BCUT2D eigenvalue weighted by molar-refractivity contribution is 5.96. The monoisotopic (exact) mass is 335 g/mol. The molecule has 2 aromatic rings. The Hall–Kier alpha value is -2.69. The Balaban J connectivity index is 1.42. The minimum Gasteiger partial charge on any atom is -0.349 e. The molecule has 1 N–H and O–H groups in total. The van der Waals surface area contributed by atoms with Gasteiger partial charge in [-0.2, -0.15) is 0 Å². The zero-order valence-corrected chi connectivity index (χ0v) is 14.0. The van der Waals surface area contributed by atoms with Crippen LogP contribution in [0.4, 0.5) is 5.69 Å². The Kier molecular flexibility index (Phi) is 4.22. The molecule has 1 aromatic carbocycles. The molecule has 1 unspecified atom stereocenters. The lowest BCUT2D eigenvalue weighted by molar-refractivity contribution is -0.117. The van der Waals surface area contributed by atoms with E-state index >= 15 is 0 Å². The molecule has 0 bridgehead atoms. The Labute approximate surface area is 147 Å². The maximum absolute atomic E-state index is 12.3. The first-order chi connectivity index (χ1) is 12.2. The number of anilines is 1. The van der Waals surface area contributed by atoms with Crippen molar-refractivity contribution in [2.45, 2.75) is 31.7 Å². The summed E-state index contributed by atoms with van der Waals surface area (Å²) >= 11 is 0. The van der Waals surface area contributed by atoms with Crippen LogP contribution in [-0.4, -0.2) is 29.4 Å². The Morgan fingerprint density at radius 1 is 1.20 bits per heavy atom. The number of carbonyl (C=O) groups is 2. The highest BCUT2D eigenvalue weighted by Crippen LogP contribution is 2.27. The van der Waals surface area contributed by atoms with Crippen molar-refractivity contribution in [3.05, 3.63) is 59.9 Å². The maximum atomic E-state index is 12.3. The molecular weight excluding hydrogens is 314 g/mol. The molecule has 1 saturated carbocycles. The van der Waals surface area contributed by atoms with Crippen LogP contribution in [0, 0.1) is 5.92 Å². The third kappa shape index (κ3) is 3.71. The molecule has 1 aliphatic heterocycles. The second kappa shape index (κ2) is 6.67. The number of benzene rings is 1. The fourth-order valence-electron chi connectivity index (χ4n) is 3.30. The number of pyridine rings is 1. The summed E-state index contributed by atoms with van der Waals surface area (Å²) in [7, 11) is 0. The minimum atomic E-state index is -0.0282. The largest absolute Gasteiger partial charge is 0.349 e. The van der Waals surface area contributed by atoms with Gasteiger partial charge in [-0.25, -0.2) is 0 Å². The van der Waals surface area contributed by atoms with Crippen LogP contribution in [0.5, 0.6) is 0 Å². The van der Waals surface area contributed by atoms with E-state index in [2.05, 4.69) is 10.3 Å². The van der Waals surface area contributed by atoms with Crippen LogP contribution in [-0.2, 0) is 11.2 Å². The highest BCUT2D eigenvalue weighted by atomic mass is 16.2. The molecule has 1 aliphatic carbocycles. The van der Waals surface area contributed by atoms with Crippen LogP contribution in [0.15, 0.2) is 48.7 Å². The molecule has 2 heterocycles. The zero-order chi connectivity index (χ0) is 17.2. The van der Waals surface area contributed by atoms with E-state index in [9.17, 15) is 9.59 Å². The first-order valence-electron chi connectivity index (χ1n) is 8.80. The summed E-state index contributed by atoms with van der Waals surface area (Å²) in [5.74, 6) is 0.348. The summed E-state index contributed by atoms with van der Waals surface area (Å²) in [6.45, 7) is 0.697. The van der Waals surface area contributed by atoms with Crippen LogP contribution in [0.2, 0.25) is 0 Å². The minimum absolute atomic E-state index is 0.0282. The van der Waals surface area contributed by atoms with Crippen molar-refractivity contribution in [1.29, 1.82) is 0 Å². The average molecular weight is 335 g/mol. The van der Waals surface area contributed by atoms with Crippen molar-refractivity contribution in [3.8, 4) is 0 Å². The molecule has 0 radical (unpaired) electrons. The summed E-state index contributed by atoms with van der Waals surface area (Å²) in [6.07, 6.45) is 5.06. The number of nitrogens with zero attached hydrogens (tertiary/aromatic N) is 2. The van der Waals surface area contributed by atoms with Gasteiger partial charge >= 0.3 is 0 Å². The second-order valence-corrected chi connectivity index (χ2v) is 6.90. The fourth-order valence-corrected chi connectivity index (χ4v) is 3.30. The standard InChI is InChI=1S/C20H21N3O2/c24-19-11-14(13-23(19)18-4-2-1-3-5-18)10-17-12-15(8-9-21-17)20(25)22-16-6-7-16/h1-5,8-9,12,14,16H,6-7,10-11,13H2,(H,22,25). The van der Waals surface area contributed by atoms with E-state index in [0.717, 1.165) is 24.2 Å². The smallest absolute Gasteiger partial charge is 0.251 e. The van der Waals surface area contributed by atoms with E-state index in [4.69, 9.17) is 0 Å². The molecule has 2 aliphatic rings. The molecular formula is C20H21N3O2. The van der Waals surface area contributed by atoms with Crippen LogP contribution in [0.25, 0.3) is 0 Å². The van der Waals surface area contributed by atoms with Crippen LogP contribution in [0.3, 0.4) is 0 Å². The molecule has 25 heavy (non-hydrogen) atoms. The van der Waals surface area contributed by atoms with Crippen molar-refractivity contribution < 1.29 is 9.59 Å². The number of para-hydroxylation sites is 1. The van der Waals surface area contributed by atoms with Gasteiger partial charge in [0.1, 0.15) is 0 Å². The third-order valence-corrected chi connectivity index (χ3v) is 4.76. The molecule has 128 valence electrons. The van der Waals surface area contributed by atoms with Crippen molar-refractivity contribution >= 4 is 17.5 Å². The Morgan fingerprint density at radius 2 is 2.00 bits per heavy atom. The van der Waals surface area contributed by atoms with Gasteiger partial charge in [-0.05, 0) is 49.4 Å². The van der Waals surface area contributed by atoms with Gasteiger partial charge < -0.3 is 10.2 Å². The van der Waals surface area contributed by atoms with Gasteiger partial charge in [0.25, 0.3) is 5.91 Å². The second-order valence-electron chi connectivity index (χ2n) is 6.90. The van der Waals surface area contributed by atoms with Crippen LogP contribution >= 0.6 is 0 Å². The molecule has 1 atom stereocenters. The molecule has 1 aromatic heterocycles. The first kappa shape index (κ1) is 15.8. The fraction of sp³-hybridized carbons (Fsp3) is 0.350. The topological polar surface area (TPSA) is 62.3 Å². The molecule has 1 saturated heterocycles. The number of rotatable bonds is 5. The molecule has 0 spiro atoms. The average Bonchev–Trinajstić information content (AvgIpc) is 3.37. The van der Waals surface area contributed by atoms with E-state index in [1.54, 1.807) is 12.3 Å². The molecule has 4 rings (SSSR count). The maximum Gasteiger partial charge on any atom is 0.251 e. The van der Waals surface area contributed by atoms with Gasteiger partial charge in [-0.3, -0.25) is 14.6 Å². The predicted octanol–water partition coefficient (Wildman–Crippen LogP) is 2.57. The van der Waals surface area contributed by atoms with Crippen LogP contribution < -0.4 is 10.2 Å². The summed E-state index contributed by atoms with van der Waals surface area (Å²) in [4.78, 5) is 30.7. The van der Waals surface area contributed by atoms with Gasteiger partial charge in [0, 0.05) is 42.1 Å². The lowest BCUT2D eigenvalue weighted by atomic mass is 10.0. The van der Waals surface area contributed by atoms with Crippen LogP contribution in [0.1, 0.15) is 35.3 Å². The normalized spacial score (nSPS) is 19.9. The number of nitrogens with one attached hydrogen (secondary N) is 1. The van der Waals surface area contributed by atoms with E-state index in [1.807, 2.05) is 41.3 Å². The first-order valence-corrected chi connectivity index (χ1v) is 8.80. The van der Waals surface area contributed by atoms with E-state index < -0.39 is 0 Å². The summed E-state index contributed by atoms with van der Waals surface area (Å²) in [5, 5.41) is 3.00. The van der Waals surface area contributed by atoms with Crippen molar-refractivity contribution in [2.75, 3.05) is 11.4 Å². The number of aromatic nitrogens is 1. The summed E-state index contributed by atoms with van der Waals surface area (Å²) in [6, 6.07) is 13.7. The van der Waals surface area contributed by atoms with E-state index in [-0.39, 0.29) is 17.7 Å². The Bertz CT molecular complexity index is 787. The third-order valence-electron chi connectivity index (χ3n) is 4.76. The Morgan fingerprint density at radius 3 is 2.76 bits per heavy atom. The van der Waals surface area contributed by atoms with Gasteiger partial charge in [-0.1, -0.05) is 18.2 Å². The van der Waals surface area contributed by atoms with Gasteiger partial charge in [0.05, 0.1) is 0 Å². The lowest BCUT2D eigenvalue weighted by Crippen LogP contribution is -2.25. The highest BCUT2D eigenvalue weighted by Gasteiger charge is 2.31. The van der Waals surface area contributed by atoms with Gasteiger partial charge in [0.15, 0.2) is 0 Å². The SMILES string of the molecule is O=C(NC1CC1)c1ccnc(CC2CC(=O)N(c3ccccc3)C2)c1. The van der Waals surface area contributed by atoms with E-state index in [0.29, 0.717) is 31.0 Å². The number of carbonyl (C=O) groups excluding carboxylic acids is 2. The molecule has 5 heteroatoms. The van der Waals surface area contributed by atoms with Gasteiger partial charge in [0.2, 0.25) is 5.91 Å². The van der Waals surface area contributed by atoms with E-state index in [1.165, 1.54) is 0 Å². The zero-order valence-electron chi connectivity index (χ0n) is 14.0. The number of hydrogen-bond donors (Lipinski definition) is 1.